The van der Waals surface area contributed by atoms with E-state index in [2.05, 4.69) is 43.1 Å². The normalized spacial score (nSPS) is 30.2. The van der Waals surface area contributed by atoms with E-state index in [1.165, 1.54) is 19.5 Å². The Hall–Kier alpha value is -0.120. The minimum atomic E-state index is 0.326. The zero-order valence-corrected chi connectivity index (χ0v) is 10.3. The van der Waals surface area contributed by atoms with Crippen molar-refractivity contribution in [3.8, 4) is 0 Å². The van der Waals surface area contributed by atoms with Crippen LogP contribution >= 0.6 is 0 Å². The van der Waals surface area contributed by atoms with Gasteiger partial charge in [-0.2, -0.15) is 0 Å². The third-order valence-electron chi connectivity index (χ3n) is 3.57. The van der Waals surface area contributed by atoms with Gasteiger partial charge in [0.15, 0.2) is 0 Å². The summed E-state index contributed by atoms with van der Waals surface area (Å²) >= 11 is 0. The van der Waals surface area contributed by atoms with Crippen molar-refractivity contribution in [3.63, 3.8) is 0 Å². The van der Waals surface area contributed by atoms with Gasteiger partial charge in [0.25, 0.3) is 0 Å². The Labute approximate surface area is 88.5 Å². The summed E-state index contributed by atoms with van der Waals surface area (Å²) in [6.45, 7) is 8.13. The van der Waals surface area contributed by atoms with E-state index in [1.54, 1.807) is 0 Å². The fourth-order valence-corrected chi connectivity index (χ4v) is 2.15. The SMILES string of the molecule is CNCC1CN(C)CCC(C)(C)N1C. The molecule has 0 saturated carbocycles. The van der Waals surface area contributed by atoms with Gasteiger partial charge in [-0.1, -0.05) is 0 Å². The molecule has 14 heavy (non-hydrogen) atoms. The van der Waals surface area contributed by atoms with Gasteiger partial charge >= 0.3 is 0 Å². The molecule has 0 amide bonds. The van der Waals surface area contributed by atoms with Crippen molar-refractivity contribution < 1.29 is 0 Å². The lowest BCUT2D eigenvalue weighted by molar-refractivity contribution is 0.109. The average Bonchev–Trinajstić information content (AvgIpc) is 2.20. The first-order chi connectivity index (χ1) is 6.47. The molecule has 1 saturated heterocycles. The van der Waals surface area contributed by atoms with Gasteiger partial charge in [0.05, 0.1) is 0 Å². The molecule has 1 unspecified atom stereocenters. The topological polar surface area (TPSA) is 18.5 Å². The van der Waals surface area contributed by atoms with Crippen LogP contribution in [0.5, 0.6) is 0 Å². The lowest BCUT2D eigenvalue weighted by Gasteiger charge is -2.39. The molecule has 84 valence electrons. The van der Waals surface area contributed by atoms with Gasteiger partial charge in [-0.05, 0) is 48.0 Å². The molecule has 0 radical (unpaired) electrons. The van der Waals surface area contributed by atoms with E-state index in [9.17, 15) is 0 Å². The van der Waals surface area contributed by atoms with Crippen molar-refractivity contribution in [2.75, 3.05) is 40.8 Å². The summed E-state index contributed by atoms with van der Waals surface area (Å²) in [5.74, 6) is 0. The van der Waals surface area contributed by atoms with Gasteiger partial charge in [0.2, 0.25) is 0 Å². The lowest BCUT2D eigenvalue weighted by Crippen LogP contribution is -2.51. The van der Waals surface area contributed by atoms with Crippen LogP contribution in [-0.4, -0.2) is 62.2 Å². The zero-order chi connectivity index (χ0) is 10.8. The van der Waals surface area contributed by atoms with Crippen molar-refractivity contribution in [2.45, 2.75) is 31.8 Å². The van der Waals surface area contributed by atoms with Gasteiger partial charge in [0.1, 0.15) is 0 Å². The molecule has 3 heteroatoms. The predicted molar refractivity (Wildman–Crippen MR) is 61.7 cm³/mol. The molecule has 1 aliphatic heterocycles. The van der Waals surface area contributed by atoms with Crippen molar-refractivity contribution >= 4 is 0 Å². The number of rotatable bonds is 2. The highest BCUT2D eigenvalue weighted by Gasteiger charge is 2.32. The maximum absolute atomic E-state index is 3.29. The molecule has 0 aliphatic carbocycles. The number of hydrogen-bond acceptors (Lipinski definition) is 3. The zero-order valence-electron chi connectivity index (χ0n) is 10.3. The number of nitrogens with zero attached hydrogens (tertiary/aromatic N) is 2. The summed E-state index contributed by atoms with van der Waals surface area (Å²) in [5, 5.41) is 3.29. The Morgan fingerprint density at radius 1 is 1.36 bits per heavy atom. The maximum Gasteiger partial charge on any atom is 0.0349 e. The second-order valence-corrected chi connectivity index (χ2v) is 5.15. The Balaban J connectivity index is 2.70. The Kier molecular flexibility index (Phi) is 3.93. The highest BCUT2D eigenvalue weighted by Crippen LogP contribution is 2.23. The minimum absolute atomic E-state index is 0.326. The molecule has 0 bridgehead atoms. The predicted octanol–water partition coefficient (Wildman–Crippen LogP) is 0.620. The van der Waals surface area contributed by atoms with Gasteiger partial charge < -0.3 is 10.2 Å². The molecule has 3 nitrogen and oxygen atoms in total. The van der Waals surface area contributed by atoms with Crippen LogP contribution in [0.3, 0.4) is 0 Å². The third-order valence-corrected chi connectivity index (χ3v) is 3.57. The number of likely N-dealkylation sites (N-methyl/N-ethyl adjacent to an activating group) is 3. The van der Waals surface area contributed by atoms with Gasteiger partial charge in [-0.15, -0.1) is 0 Å². The second-order valence-electron chi connectivity index (χ2n) is 5.15. The van der Waals surface area contributed by atoms with E-state index in [0.29, 0.717) is 11.6 Å². The van der Waals surface area contributed by atoms with Crippen molar-refractivity contribution in [3.05, 3.63) is 0 Å². The van der Waals surface area contributed by atoms with Crippen molar-refractivity contribution in [2.24, 2.45) is 0 Å². The Morgan fingerprint density at radius 3 is 2.57 bits per heavy atom. The van der Waals surface area contributed by atoms with E-state index in [-0.39, 0.29) is 0 Å². The molecule has 0 spiro atoms. The molecule has 1 heterocycles. The van der Waals surface area contributed by atoms with Crippen LogP contribution in [0.1, 0.15) is 20.3 Å². The summed E-state index contributed by atoms with van der Waals surface area (Å²) in [4.78, 5) is 4.96. The Bertz CT molecular complexity index is 179. The van der Waals surface area contributed by atoms with E-state index < -0.39 is 0 Å². The second kappa shape index (κ2) is 4.60. The van der Waals surface area contributed by atoms with Crippen LogP contribution in [-0.2, 0) is 0 Å². The summed E-state index contributed by atoms with van der Waals surface area (Å²) in [6, 6.07) is 0.627. The van der Waals surface area contributed by atoms with Crippen LogP contribution in [0.2, 0.25) is 0 Å². The molecule has 1 atom stereocenters. The summed E-state index contributed by atoms with van der Waals surface area (Å²) in [7, 11) is 6.50. The van der Waals surface area contributed by atoms with Crippen molar-refractivity contribution in [1.29, 1.82) is 0 Å². The van der Waals surface area contributed by atoms with Gasteiger partial charge in [0, 0.05) is 24.7 Å². The quantitative estimate of drug-likeness (QED) is 0.703. The molecule has 1 N–H and O–H groups in total. The van der Waals surface area contributed by atoms with E-state index in [0.717, 1.165) is 6.54 Å². The largest absolute Gasteiger partial charge is 0.318 e. The van der Waals surface area contributed by atoms with E-state index in [1.807, 2.05) is 7.05 Å². The van der Waals surface area contributed by atoms with E-state index >= 15 is 0 Å². The lowest BCUT2D eigenvalue weighted by atomic mass is 9.98. The summed E-state index contributed by atoms with van der Waals surface area (Å²) < 4.78 is 0. The molecule has 0 aromatic rings. The van der Waals surface area contributed by atoms with Crippen LogP contribution in [0, 0.1) is 0 Å². The van der Waals surface area contributed by atoms with Crippen LogP contribution in [0.15, 0.2) is 0 Å². The number of hydrogen-bond donors (Lipinski definition) is 1. The van der Waals surface area contributed by atoms with E-state index in [4.69, 9.17) is 0 Å². The van der Waals surface area contributed by atoms with Gasteiger partial charge in [-0.25, -0.2) is 0 Å². The first-order valence-electron chi connectivity index (χ1n) is 5.53. The standard InChI is InChI=1S/C11H25N3/c1-11(2)6-7-13(4)9-10(8-12-3)14(11)5/h10,12H,6-9H2,1-5H3. The highest BCUT2D eigenvalue weighted by atomic mass is 15.3. The molecular weight excluding hydrogens is 174 g/mol. The van der Waals surface area contributed by atoms with Crippen LogP contribution < -0.4 is 5.32 Å². The first-order valence-corrected chi connectivity index (χ1v) is 5.53. The average molecular weight is 199 g/mol. The molecule has 0 aromatic carbocycles. The Morgan fingerprint density at radius 2 is 2.00 bits per heavy atom. The summed E-state index contributed by atoms with van der Waals surface area (Å²) in [6.07, 6.45) is 1.25. The first kappa shape index (κ1) is 12.0. The molecule has 1 aliphatic rings. The van der Waals surface area contributed by atoms with Crippen LogP contribution in [0.4, 0.5) is 0 Å². The van der Waals surface area contributed by atoms with Gasteiger partial charge in [-0.3, -0.25) is 4.90 Å². The van der Waals surface area contributed by atoms with Crippen LogP contribution in [0.25, 0.3) is 0 Å². The molecule has 1 fully saturated rings. The monoisotopic (exact) mass is 199 g/mol. The maximum atomic E-state index is 3.29. The number of nitrogens with one attached hydrogen (secondary N) is 1. The fraction of sp³-hybridized carbons (Fsp3) is 1.00. The molecule has 1 rings (SSSR count). The summed E-state index contributed by atoms with van der Waals surface area (Å²) in [5.41, 5.74) is 0.326. The fourth-order valence-electron chi connectivity index (χ4n) is 2.15. The smallest absolute Gasteiger partial charge is 0.0349 e. The third kappa shape index (κ3) is 2.69. The molecular formula is C11H25N3. The van der Waals surface area contributed by atoms with Crippen molar-refractivity contribution in [1.82, 2.24) is 15.1 Å². The highest BCUT2D eigenvalue weighted by molar-refractivity contribution is 4.90. The molecule has 0 aromatic heterocycles. The minimum Gasteiger partial charge on any atom is -0.318 e.